The lowest BCUT2D eigenvalue weighted by Crippen LogP contribution is -2.03. The van der Waals surface area contributed by atoms with Crippen LogP contribution in [0, 0.1) is 0 Å². The van der Waals surface area contributed by atoms with Gasteiger partial charge in [0.25, 0.3) is 0 Å². The Balaban J connectivity index is 1.76. The zero-order valence-electron chi connectivity index (χ0n) is 12.5. The monoisotopic (exact) mass is 353 g/mol. The standard InChI is InChI=1S/C17H12ClN5S/c18-13-8-6-12(7-9-13)17-19-14(10-15-20-22-23-21-15)16(24-17)11-4-2-1-3-5-11/h1-9,15H,10H2. The zero-order valence-corrected chi connectivity index (χ0v) is 14.1. The van der Waals surface area contributed by atoms with Gasteiger partial charge >= 0.3 is 0 Å². The van der Waals surface area contributed by atoms with Crippen LogP contribution in [0.4, 0.5) is 0 Å². The van der Waals surface area contributed by atoms with Crippen molar-refractivity contribution in [1.82, 2.24) is 4.98 Å². The van der Waals surface area contributed by atoms with Crippen molar-refractivity contribution in [1.29, 1.82) is 0 Å². The van der Waals surface area contributed by atoms with Crippen molar-refractivity contribution in [3.05, 3.63) is 65.3 Å². The first-order valence-corrected chi connectivity index (χ1v) is 8.60. The molecule has 1 aliphatic heterocycles. The van der Waals surface area contributed by atoms with Gasteiger partial charge in [-0.2, -0.15) is 0 Å². The molecular formula is C17H12ClN5S. The predicted molar refractivity (Wildman–Crippen MR) is 95.2 cm³/mol. The van der Waals surface area contributed by atoms with Crippen LogP contribution >= 0.6 is 22.9 Å². The molecule has 0 fully saturated rings. The van der Waals surface area contributed by atoms with E-state index in [2.05, 4.69) is 32.8 Å². The summed E-state index contributed by atoms with van der Waals surface area (Å²) in [5, 5.41) is 16.8. The van der Waals surface area contributed by atoms with Gasteiger partial charge in [0.1, 0.15) is 5.01 Å². The molecule has 0 amide bonds. The van der Waals surface area contributed by atoms with Crippen LogP contribution in [0.1, 0.15) is 5.69 Å². The molecule has 0 radical (unpaired) electrons. The summed E-state index contributed by atoms with van der Waals surface area (Å²) in [5.74, 6) is 0. The molecule has 0 saturated carbocycles. The van der Waals surface area contributed by atoms with E-state index in [0.29, 0.717) is 11.4 Å². The Labute approximate surface area is 147 Å². The van der Waals surface area contributed by atoms with Gasteiger partial charge in [-0.15, -0.1) is 21.6 Å². The fraction of sp³-hybridized carbons (Fsp3) is 0.118. The molecule has 0 atom stereocenters. The van der Waals surface area contributed by atoms with Crippen LogP contribution in [-0.2, 0) is 6.42 Å². The maximum atomic E-state index is 5.98. The quantitative estimate of drug-likeness (QED) is 0.581. The number of thiazole rings is 1. The third-order valence-corrected chi connectivity index (χ3v) is 5.06. The third-order valence-electron chi connectivity index (χ3n) is 3.61. The zero-order chi connectivity index (χ0) is 16.4. The minimum Gasteiger partial charge on any atom is -0.240 e. The average molecular weight is 354 g/mol. The molecular weight excluding hydrogens is 342 g/mol. The van der Waals surface area contributed by atoms with Crippen LogP contribution in [0.2, 0.25) is 5.02 Å². The second kappa shape index (κ2) is 6.59. The van der Waals surface area contributed by atoms with E-state index in [0.717, 1.165) is 26.7 Å². The van der Waals surface area contributed by atoms with Crippen LogP contribution in [0.15, 0.2) is 75.3 Å². The fourth-order valence-electron chi connectivity index (χ4n) is 2.46. The smallest absolute Gasteiger partial charge is 0.190 e. The SMILES string of the molecule is Clc1ccc(-c2nc(CC3N=NN=N3)c(-c3ccccc3)s2)cc1. The largest absolute Gasteiger partial charge is 0.240 e. The number of benzene rings is 2. The molecule has 4 rings (SSSR count). The summed E-state index contributed by atoms with van der Waals surface area (Å²) < 4.78 is 0. The normalized spacial score (nSPS) is 13.7. The number of halogens is 1. The Morgan fingerprint density at radius 1 is 0.875 bits per heavy atom. The van der Waals surface area contributed by atoms with Crippen molar-refractivity contribution < 1.29 is 0 Å². The summed E-state index contributed by atoms with van der Waals surface area (Å²) in [5.41, 5.74) is 3.14. The van der Waals surface area contributed by atoms with Gasteiger partial charge in [0.05, 0.1) is 10.6 Å². The van der Waals surface area contributed by atoms with Gasteiger partial charge in [0, 0.05) is 17.0 Å². The second-order valence-electron chi connectivity index (χ2n) is 5.26. The summed E-state index contributed by atoms with van der Waals surface area (Å²) in [6.45, 7) is 0. The molecule has 24 heavy (non-hydrogen) atoms. The number of rotatable bonds is 4. The Morgan fingerprint density at radius 2 is 1.58 bits per heavy atom. The van der Waals surface area contributed by atoms with Gasteiger partial charge in [0.15, 0.2) is 6.17 Å². The Bertz CT molecular complexity index is 890. The molecule has 2 aromatic carbocycles. The summed E-state index contributed by atoms with van der Waals surface area (Å²) in [6.07, 6.45) is 0.300. The van der Waals surface area contributed by atoms with E-state index < -0.39 is 0 Å². The summed E-state index contributed by atoms with van der Waals surface area (Å²) in [6, 6.07) is 17.9. The van der Waals surface area contributed by atoms with Crippen molar-refractivity contribution in [2.24, 2.45) is 20.7 Å². The molecule has 118 valence electrons. The highest BCUT2D eigenvalue weighted by Gasteiger charge is 2.19. The summed E-state index contributed by atoms with van der Waals surface area (Å²) >= 11 is 7.64. The minimum absolute atomic E-state index is 0.285. The van der Waals surface area contributed by atoms with Gasteiger partial charge in [-0.05, 0) is 28.1 Å². The lowest BCUT2D eigenvalue weighted by Gasteiger charge is -2.02. The van der Waals surface area contributed by atoms with Crippen molar-refractivity contribution in [2.75, 3.05) is 0 Å². The van der Waals surface area contributed by atoms with Gasteiger partial charge < -0.3 is 0 Å². The molecule has 0 aliphatic carbocycles. The molecule has 7 heteroatoms. The third kappa shape index (κ3) is 3.11. The summed E-state index contributed by atoms with van der Waals surface area (Å²) in [4.78, 5) is 5.95. The molecule has 2 heterocycles. The van der Waals surface area contributed by atoms with Crippen LogP contribution in [-0.4, -0.2) is 11.1 Å². The van der Waals surface area contributed by atoms with E-state index in [1.165, 1.54) is 0 Å². The van der Waals surface area contributed by atoms with E-state index in [-0.39, 0.29) is 6.17 Å². The highest BCUT2D eigenvalue weighted by molar-refractivity contribution is 7.18. The van der Waals surface area contributed by atoms with Crippen molar-refractivity contribution in [2.45, 2.75) is 12.6 Å². The first-order valence-electron chi connectivity index (χ1n) is 7.40. The van der Waals surface area contributed by atoms with Gasteiger partial charge in [-0.3, -0.25) is 0 Å². The number of hydrogen-bond acceptors (Lipinski definition) is 6. The van der Waals surface area contributed by atoms with Crippen molar-refractivity contribution >= 4 is 22.9 Å². The van der Waals surface area contributed by atoms with Crippen molar-refractivity contribution in [3.8, 4) is 21.0 Å². The van der Waals surface area contributed by atoms with E-state index in [4.69, 9.17) is 16.6 Å². The molecule has 5 nitrogen and oxygen atoms in total. The Hall–Kier alpha value is -2.44. The van der Waals surface area contributed by atoms with Crippen LogP contribution in [0.5, 0.6) is 0 Å². The van der Waals surface area contributed by atoms with Gasteiger partial charge in [-0.1, -0.05) is 54.1 Å². The summed E-state index contributed by atoms with van der Waals surface area (Å²) in [7, 11) is 0. The van der Waals surface area contributed by atoms with E-state index in [1.54, 1.807) is 11.3 Å². The predicted octanol–water partition coefficient (Wildman–Crippen LogP) is 5.83. The number of nitrogens with zero attached hydrogens (tertiary/aromatic N) is 5. The van der Waals surface area contributed by atoms with Crippen LogP contribution in [0.3, 0.4) is 0 Å². The maximum absolute atomic E-state index is 5.98. The van der Waals surface area contributed by atoms with Gasteiger partial charge in [0.2, 0.25) is 0 Å². The topological polar surface area (TPSA) is 62.3 Å². The molecule has 3 aromatic rings. The molecule has 0 unspecified atom stereocenters. The van der Waals surface area contributed by atoms with Crippen LogP contribution < -0.4 is 0 Å². The fourth-order valence-corrected chi connectivity index (χ4v) is 3.69. The molecule has 0 N–H and O–H groups in total. The van der Waals surface area contributed by atoms with E-state index >= 15 is 0 Å². The number of aromatic nitrogens is 1. The van der Waals surface area contributed by atoms with E-state index in [9.17, 15) is 0 Å². The van der Waals surface area contributed by atoms with Crippen molar-refractivity contribution in [3.63, 3.8) is 0 Å². The Morgan fingerprint density at radius 3 is 2.29 bits per heavy atom. The maximum Gasteiger partial charge on any atom is 0.190 e. The van der Waals surface area contributed by atoms with Crippen LogP contribution in [0.25, 0.3) is 21.0 Å². The van der Waals surface area contributed by atoms with E-state index in [1.807, 2.05) is 42.5 Å². The molecule has 0 bridgehead atoms. The first-order chi connectivity index (χ1) is 11.8. The molecule has 1 aromatic heterocycles. The minimum atomic E-state index is -0.285. The second-order valence-corrected chi connectivity index (χ2v) is 6.70. The molecule has 0 spiro atoms. The number of hydrogen-bond donors (Lipinski definition) is 0. The molecule has 0 saturated heterocycles. The molecule has 1 aliphatic rings. The average Bonchev–Trinajstić information content (AvgIpc) is 3.27. The lowest BCUT2D eigenvalue weighted by molar-refractivity contribution is 0.689. The lowest BCUT2D eigenvalue weighted by atomic mass is 10.1. The van der Waals surface area contributed by atoms with Gasteiger partial charge in [-0.25, -0.2) is 4.98 Å². The Kier molecular flexibility index (Phi) is 4.15. The highest BCUT2D eigenvalue weighted by Crippen LogP contribution is 2.36. The first kappa shape index (κ1) is 15.1. The highest BCUT2D eigenvalue weighted by atomic mass is 35.5.